The van der Waals surface area contributed by atoms with Crippen molar-refractivity contribution in [3.63, 3.8) is 0 Å². The molecule has 100 valence electrons. The first-order valence-electron chi connectivity index (χ1n) is 5.77. The van der Waals surface area contributed by atoms with Gasteiger partial charge < -0.3 is 9.84 Å². The van der Waals surface area contributed by atoms with E-state index in [2.05, 4.69) is 25.4 Å². The number of nitrogens with zero attached hydrogens (tertiary/aromatic N) is 5. The molecule has 0 aliphatic rings. The maximum atomic E-state index is 11.9. The maximum Gasteiger partial charge on any atom is 0.260 e. The minimum atomic E-state index is -0.317. The van der Waals surface area contributed by atoms with Gasteiger partial charge in [-0.2, -0.15) is 0 Å². The van der Waals surface area contributed by atoms with Crippen LogP contribution in [0.2, 0.25) is 0 Å². The van der Waals surface area contributed by atoms with Crippen LogP contribution in [0, 0.1) is 6.92 Å². The molecule has 0 aromatic carbocycles. The van der Waals surface area contributed by atoms with Crippen LogP contribution in [0.1, 0.15) is 16.1 Å². The van der Waals surface area contributed by atoms with Crippen LogP contribution < -0.4 is 5.32 Å². The normalized spacial score (nSPS) is 10.4. The summed E-state index contributed by atoms with van der Waals surface area (Å²) in [6, 6.07) is 0. The molecule has 0 saturated carbocycles. The van der Waals surface area contributed by atoms with Crippen LogP contribution in [0.25, 0.3) is 5.95 Å². The zero-order chi connectivity index (χ0) is 13.9. The number of aromatic nitrogens is 5. The Bertz CT molecular complexity index is 717. The number of imidazole rings is 1. The predicted octanol–water partition coefficient (Wildman–Crippen LogP) is 1.21. The fourth-order valence-corrected chi connectivity index (χ4v) is 1.61. The highest BCUT2D eigenvalue weighted by atomic mass is 16.5. The first-order chi connectivity index (χ1) is 9.74. The quantitative estimate of drug-likeness (QED) is 0.768. The van der Waals surface area contributed by atoms with Gasteiger partial charge in [0.05, 0.1) is 24.3 Å². The molecule has 1 N–H and O–H groups in total. The standard InChI is InChI=1S/C12H10N6O2/c1-8-10(6-16-20-8)11(19)17-9-4-14-12(15-5-9)18-3-2-13-7-18/h2-7H,1H3,(H,17,19). The molecule has 0 fully saturated rings. The van der Waals surface area contributed by atoms with Crippen molar-refractivity contribution in [1.82, 2.24) is 24.7 Å². The highest BCUT2D eigenvalue weighted by Crippen LogP contribution is 2.11. The number of hydrogen-bond donors (Lipinski definition) is 1. The number of carbonyl (C=O) groups excluding carboxylic acids is 1. The lowest BCUT2D eigenvalue weighted by Gasteiger charge is -2.04. The fourth-order valence-electron chi connectivity index (χ4n) is 1.61. The number of amides is 1. The first kappa shape index (κ1) is 12.0. The summed E-state index contributed by atoms with van der Waals surface area (Å²) in [5, 5.41) is 6.22. The molecule has 3 aromatic rings. The lowest BCUT2D eigenvalue weighted by Crippen LogP contribution is -2.13. The Morgan fingerprint density at radius 1 is 1.30 bits per heavy atom. The van der Waals surface area contributed by atoms with Gasteiger partial charge in [-0.15, -0.1) is 0 Å². The van der Waals surface area contributed by atoms with E-state index in [-0.39, 0.29) is 5.91 Å². The Hall–Kier alpha value is -3.03. The van der Waals surface area contributed by atoms with Crippen LogP contribution in [-0.4, -0.2) is 30.6 Å². The van der Waals surface area contributed by atoms with E-state index in [1.165, 1.54) is 18.6 Å². The van der Waals surface area contributed by atoms with Crippen LogP contribution >= 0.6 is 0 Å². The summed E-state index contributed by atoms with van der Waals surface area (Å²) in [5.41, 5.74) is 0.864. The van der Waals surface area contributed by atoms with Crippen molar-refractivity contribution in [2.45, 2.75) is 6.92 Å². The Balaban J connectivity index is 1.76. The lowest BCUT2D eigenvalue weighted by atomic mass is 10.2. The van der Waals surface area contributed by atoms with Crippen LogP contribution in [0.4, 0.5) is 5.69 Å². The van der Waals surface area contributed by atoms with E-state index in [1.807, 2.05) is 0 Å². The third kappa shape index (κ3) is 2.26. The van der Waals surface area contributed by atoms with Crippen molar-refractivity contribution in [2.24, 2.45) is 0 Å². The molecule has 0 radical (unpaired) electrons. The minimum Gasteiger partial charge on any atom is -0.361 e. The van der Waals surface area contributed by atoms with E-state index in [4.69, 9.17) is 4.52 Å². The Labute approximate surface area is 113 Å². The third-order valence-electron chi connectivity index (χ3n) is 2.63. The van der Waals surface area contributed by atoms with Gasteiger partial charge in [-0.3, -0.25) is 9.36 Å². The Morgan fingerprint density at radius 3 is 2.70 bits per heavy atom. The molecule has 0 atom stereocenters. The number of aryl methyl sites for hydroxylation is 1. The second kappa shape index (κ2) is 4.92. The molecule has 3 rings (SSSR count). The van der Waals surface area contributed by atoms with E-state index in [1.54, 1.807) is 30.2 Å². The zero-order valence-corrected chi connectivity index (χ0v) is 10.5. The molecular weight excluding hydrogens is 260 g/mol. The van der Waals surface area contributed by atoms with Crippen molar-refractivity contribution in [3.8, 4) is 5.95 Å². The highest BCUT2D eigenvalue weighted by Gasteiger charge is 2.13. The molecule has 8 nitrogen and oxygen atoms in total. The lowest BCUT2D eigenvalue weighted by molar-refractivity contribution is 0.102. The zero-order valence-electron chi connectivity index (χ0n) is 10.5. The number of anilines is 1. The smallest absolute Gasteiger partial charge is 0.260 e. The summed E-state index contributed by atoms with van der Waals surface area (Å²) < 4.78 is 6.50. The molecule has 0 saturated heterocycles. The van der Waals surface area contributed by atoms with Crippen molar-refractivity contribution in [1.29, 1.82) is 0 Å². The third-order valence-corrected chi connectivity index (χ3v) is 2.63. The molecule has 3 heterocycles. The van der Waals surface area contributed by atoms with Gasteiger partial charge in [0.25, 0.3) is 5.91 Å². The van der Waals surface area contributed by atoms with Gasteiger partial charge in [0.2, 0.25) is 5.95 Å². The molecule has 8 heteroatoms. The number of rotatable bonds is 3. The van der Waals surface area contributed by atoms with Gasteiger partial charge >= 0.3 is 0 Å². The predicted molar refractivity (Wildman–Crippen MR) is 68.3 cm³/mol. The topological polar surface area (TPSA) is 98.7 Å². The van der Waals surface area contributed by atoms with E-state index >= 15 is 0 Å². The number of hydrogen-bond acceptors (Lipinski definition) is 6. The summed E-state index contributed by atoms with van der Waals surface area (Å²) in [4.78, 5) is 24.1. The largest absolute Gasteiger partial charge is 0.361 e. The maximum absolute atomic E-state index is 11.9. The summed E-state index contributed by atoms with van der Waals surface area (Å²) in [6.45, 7) is 1.67. The van der Waals surface area contributed by atoms with Crippen LogP contribution in [-0.2, 0) is 0 Å². The number of carbonyl (C=O) groups is 1. The Kier molecular flexibility index (Phi) is 2.96. The van der Waals surface area contributed by atoms with Crippen LogP contribution in [0.5, 0.6) is 0 Å². The summed E-state index contributed by atoms with van der Waals surface area (Å²) >= 11 is 0. The molecule has 3 aromatic heterocycles. The molecular formula is C12H10N6O2. The SMILES string of the molecule is Cc1oncc1C(=O)Nc1cnc(-n2ccnc2)nc1. The summed E-state index contributed by atoms with van der Waals surface area (Å²) in [7, 11) is 0. The van der Waals surface area contributed by atoms with Gasteiger partial charge in [0.15, 0.2) is 0 Å². The van der Waals surface area contributed by atoms with Gasteiger partial charge in [-0.1, -0.05) is 5.16 Å². The summed E-state index contributed by atoms with van der Waals surface area (Å²) in [5.74, 6) is 0.614. The molecule has 20 heavy (non-hydrogen) atoms. The van der Waals surface area contributed by atoms with E-state index < -0.39 is 0 Å². The molecule has 1 amide bonds. The van der Waals surface area contributed by atoms with Crippen molar-refractivity contribution >= 4 is 11.6 Å². The Morgan fingerprint density at radius 2 is 2.10 bits per heavy atom. The fraction of sp³-hybridized carbons (Fsp3) is 0.0833. The molecule has 0 aliphatic heterocycles. The molecule has 0 unspecified atom stereocenters. The van der Waals surface area contributed by atoms with Crippen molar-refractivity contribution in [2.75, 3.05) is 5.32 Å². The molecule has 0 spiro atoms. The second-order valence-electron chi connectivity index (χ2n) is 3.99. The van der Waals surface area contributed by atoms with E-state index in [0.29, 0.717) is 23.0 Å². The summed E-state index contributed by atoms with van der Waals surface area (Å²) in [6.07, 6.45) is 9.35. The average Bonchev–Trinajstić information content (AvgIpc) is 3.10. The van der Waals surface area contributed by atoms with E-state index in [0.717, 1.165) is 0 Å². The average molecular weight is 270 g/mol. The second-order valence-corrected chi connectivity index (χ2v) is 3.99. The van der Waals surface area contributed by atoms with Gasteiger partial charge in [0, 0.05) is 12.4 Å². The van der Waals surface area contributed by atoms with E-state index in [9.17, 15) is 4.79 Å². The number of nitrogens with one attached hydrogen (secondary N) is 1. The minimum absolute atomic E-state index is 0.317. The van der Waals surface area contributed by atoms with Gasteiger partial charge in [0.1, 0.15) is 17.7 Å². The first-order valence-corrected chi connectivity index (χ1v) is 5.77. The van der Waals surface area contributed by atoms with Crippen molar-refractivity contribution in [3.05, 3.63) is 48.6 Å². The van der Waals surface area contributed by atoms with Gasteiger partial charge in [-0.25, -0.2) is 15.0 Å². The van der Waals surface area contributed by atoms with Crippen LogP contribution in [0.3, 0.4) is 0 Å². The van der Waals surface area contributed by atoms with Crippen molar-refractivity contribution < 1.29 is 9.32 Å². The highest BCUT2D eigenvalue weighted by molar-refractivity contribution is 6.04. The molecule has 0 bridgehead atoms. The van der Waals surface area contributed by atoms with Gasteiger partial charge in [-0.05, 0) is 6.92 Å². The monoisotopic (exact) mass is 270 g/mol. The molecule has 0 aliphatic carbocycles. The van der Waals surface area contributed by atoms with Crippen LogP contribution in [0.15, 0.2) is 41.8 Å².